The Morgan fingerprint density at radius 3 is 2.42 bits per heavy atom. The van der Waals surface area contributed by atoms with E-state index in [2.05, 4.69) is 20.4 Å². The van der Waals surface area contributed by atoms with Crippen molar-refractivity contribution in [2.75, 3.05) is 23.7 Å². The third kappa shape index (κ3) is 8.07. The topological polar surface area (TPSA) is 141 Å². The first kappa shape index (κ1) is 37.6. The fraction of sp³-hybridized carbons (Fsp3) is 0.350. The number of carboxylic acids is 1. The zero-order valence-electron chi connectivity index (χ0n) is 30.3. The Balaban J connectivity index is 1.16. The Labute approximate surface area is 315 Å². The summed E-state index contributed by atoms with van der Waals surface area (Å²) in [5.74, 6) is -1.78. The van der Waals surface area contributed by atoms with Crippen molar-refractivity contribution in [2.24, 2.45) is 5.41 Å². The van der Waals surface area contributed by atoms with E-state index >= 15 is 17.6 Å². The Morgan fingerprint density at radius 1 is 1.04 bits per heavy atom. The number of benzene rings is 3. The number of aromatic nitrogens is 4. The number of anilines is 2. The van der Waals surface area contributed by atoms with Gasteiger partial charge in [0.2, 0.25) is 17.9 Å². The zero-order valence-corrected chi connectivity index (χ0v) is 30.3. The molecule has 1 spiro atoms. The van der Waals surface area contributed by atoms with Crippen LogP contribution in [0.25, 0.3) is 16.8 Å². The summed E-state index contributed by atoms with van der Waals surface area (Å²) in [5.41, 5.74) is 7.93. The maximum Gasteiger partial charge on any atom is 0.429 e. The minimum absolute atomic E-state index is 0.0362. The van der Waals surface area contributed by atoms with Crippen molar-refractivity contribution in [2.45, 2.75) is 70.5 Å². The Bertz CT molecular complexity index is 2160. The van der Waals surface area contributed by atoms with Gasteiger partial charge >= 0.3 is 12.1 Å². The molecule has 2 aliphatic heterocycles. The van der Waals surface area contributed by atoms with Crippen molar-refractivity contribution in [3.8, 4) is 28.4 Å². The lowest BCUT2D eigenvalue weighted by Gasteiger charge is -2.43. The summed E-state index contributed by atoms with van der Waals surface area (Å²) < 4.78 is 73.1. The van der Waals surface area contributed by atoms with Crippen LogP contribution in [-0.4, -0.2) is 62.2 Å². The van der Waals surface area contributed by atoms with E-state index in [1.165, 1.54) is 47.3 Å². The second-order valence-corrected chi connectivity index (χ2v) is 14.1. The first-order valence-electron chi connectivity index (χ1n) is 18.1. The molecule has 288 valence electrons. The molecule has 0 radical (unpaired) electrons. The molecule has 0 amide bonds. The standard InChI is InChI=1S/C40H41F4N7O4/c1-3-33-39(22-30(46-33)37(52)53)14-17-50(18-15-39)34-21-35(48-38(45)47-34)55-36(40(42,43)44)28-11-9-27(20-31(28)51-16-13-24(2)49-51)26-10-12-32(29(41)19-26)54-23-25-7-5-4-6-8-25/h4-13,16,19-21,30,33,36,46H,3,14-15,17-18,22-23H2,1-2H3,(H,52,53)(H2,45,47,48)/t30?,33?,36-/m1/s1. The molecule has 2 aromatic heterocycles. The molecular formula is C40H41F4N7O4. The van der Waals surface area contributed by atoms with Crippen molar-refractivity contribution < 1.29 is 36.9 Å². The molecule has 4 N–H and O–H groups in total. The maximum atomic E-state index is 15.3. The Kier molecular flexibility index (Phi) is 10.4. The van der Waals surface area contributed by atoms with Crippen LogP contribution >= 0.6 is 0 Å². The number of aryl methyl sites for hydroxylation is 1. The van der Waals surface area contributed by atoms with Crippen LogP contribution in [0.2, 0.25) is 0 Å². The van der Waals surface area contributed by atoms with E-state index in [0.717, 1.165) is 12.0 Å². The predicted molar refractivity (Wildman–Crippen MR) is 197 cm³/mol. The highest BCUT2D eigenvalue weighted by Gasteiger charge is 2.50. The van der Waals surface area contributed by atoms with Gasteiger partial charge in [-0.1, -0.05) is 55.5 Å². The van der Waals surface area contributed by atoms with Crippen LogP contribution in [0, 0.1) is 18.2 Å². The van der Waals surface area contributed by atoms with Gasteiger partial charge in [-0.05, 0) is 79.0 Å². The maximum absolute atomic E-state index is 15.3. The summed E-state index contributed by atoms with van der Waals surface area (Å²) in [4.78, 5) is 22.0. The highest BCUT2D eigenvalue weighted by molar-refractivity contribution is 5.74. The van der Waals surface area contributed by atoms with Gasteiger partial charge in [0.05, 0.1) is 11.4 Å². The van der Waals surface area contributed by atoms with Gasteiger partial charge in [-0.15, -0.1) is 0 Å². The van der Waals surface area contributed by atoms with Crippen molar-refractivity contribution >= 4 is 17.7 Å². The molecule has 3 atom stereocenters. The monoisotopic (exact) mass is 759 g/mol. The van der Waals surface area contributed by atoms with Gasteiger partial charge in [0.1, 0.15) is 18.5 Å². The van der Waals surface area contributed by atoms with E-state index in [4.69, 9.17) is 15.2 Å². The molecule has 11 nitrogen and oxygen atoms in total. The highest BCUT2D eigenvalue weighted by atomic mass is 19.4. The quantitative estimate of drug-likeness (QED) is 0.117. The van der Waals surface area contributed by atoms with Gasteiger partial charge in [0.15, 0.2) is 11.6 Å². The first-order chi connectivity index (χ1) is 26.3. The number of rotatable bonds is 11. The highest BCUT2D eigenvalue weighted by Crippen LogP contribution is 2.46. The molecule has 0 saturated carbocycles. The number of hydrogen-bond acceptors (Lipinski definition) is 9. The van der Waals surface area contributed by atoms with Gasteiger partial charge < -0.3 is 30.5 Å². The summed E-state index contributed by atoms with van der Waals surface area (Å²) in [6.45, 7) is 4.89. The summed E-state index contributed by atoms with van der Waals surface area (Å²) in [6, 6.07) is 20.4. The Hall–Kier alpha value is -5.70. The molecule has 0 bridgehead atoms. The minimum atomic E-state index is -4.91. The molecule has 0 aliphatic carbocycles. The minimum Gasteiger partial charge on any atom is -0.486 e. The van der Waals surface area contributed by atoms with Gasteiger partial charge in [0.25, 0.3) is 0 Å². The molecule has 4 heterocycles. The van der Waals surface area contributed by atoms with Gasteiger partial charge in [0, 0.05) is 37.0 Å². The second kappa shape index (κ2) is 15.2. The number of carbonyl (C=O) groups is 1. The normalized spacial score (nSPS) is 18.7. The number of nitrogens with two attached hydrogens (primary N) is 1. The number of nitrogens with one attached hydrogen (secondary N) is 1. The number of ether oxygens (including phenoxy) is 2. The van der Waals surface area contributed by atoms with Crippen molar-refractivity contribution in [1.82, 2.24) is 25.1 Å². The van der Waals surface area contributed by atoms with Crippen molar-refractivity contribution in [3.63, 3.8) is 0 Å². The van der Waals surface area contributed by atoms with Crippen molar-refractivity contribution in [1.29, 1.82) is 0 Å². The lowest BCUT2D eigenvalue weighted by Crippen LogP contribution is -2.46. The van der Waals surface area contributed by atoms with Gasteiger partial charge in [-0.3, -0.25) is 4.79 Å². The molecule has 55 heavy (non-hydrogen) atoms. The van der Waals surface area contributed by atoms with Crippen LogP contribution in [-0.2, 0) is 11.4 Å². The van der Waals surface area contributed by atoms with Crippen LogP contribution in [0.5, 0.6) is 11.6 Å². The lowest BCUT2D eigenvalue weighted by molar-refractivity contribution is -0.198. The van der Waals surface area contributed by atoms with Crippen LogP contribution in [0.1, 0.15) is 55.5 Å². The number of aliphatic carboxylic acids is 1. The van der Waals surface area contributed by atoms with E-state index < -0.39 is 30.1 Å². The molecule has 7 rings (SSSR count). The number of hydrogen-bond donors (Lipinski definition) is 3. The number of piperidine rings is 1. The first-order valence-corrected chi connectivity index (χ1v) is 18.1. The third-order valence-corrected chi connectivity index (χ3v) is 10.6. The molecule has 2 aliphatic rings. The molecule has 2 unspecified atom stereocenters. The molecule has 2 fully saturated rings. The van der Waals surface area contributed by atoms with E-state index in [1.807, 2.05) is 42.2 Å². The van der Waals surface area contributed by atoms with Crippen LogP contribution in [0.3, 0.4) is 0 Å². The molecule has 3 aromatic carbocycles. The van der Waals surface area contributed by atoms with Crippen LogP contribution in [0.4, 0.5) is 29.3 Å². The molecule has 15 heteroatoms. The smallest absolute Gasteiger partial charge is 0.429 e. The van der Waals surface area contributed by atoms with Crippen LogP contribution in [0.15, 0.2) is 85.1 Å². The van der Waals surface area contributed by atoms with E-state index in [-0.39, 0.29) is 46.9 Å². The predicted octanol–water partition coefficient (Wildman–Crippen LogP) is 7.43. The largest absolute Gasteiger partial charge is 0.486 e. The summed E-state index contributed by atoms with van der Waals surface area (Å²) in [6.07, 6.45) is -3.26. The summed E-state index contributed by atoms with van der Waals surface area (Å²) in [7, 11) is 0. The number of halogens is 4. The number of alkyl halides is 3. The number of carboxylic acid groups (broad SMARTS) is 1. The fourth-order valence-electron chi connectivity index (χ4n) is 7.78. The van der Waals surface area contributed by atoms with Crippen LogP contribution < -0.4 is 25.4 Å². The van der Waals surface area contributed by atoms with Gasteiger partial charge in [-0.25, -0.2) is 9.07 Å². The second-order valence-electron chi connectivity index (χ2n) is 14.1. The van der Waals surface area contributed by atoms with E-state index in [0.29, 0.717) is 55.0 Å². The summed E-state index contributed by atoms with van der Waals surface area (Å²) in [5, 5.41) is 17.3. The van der Waals surface area contributed by atoms with E-state index in [9.17, 15) is 9.90 Å². The van der Waals surface area contributed by atoms with E-state index in [1.54, 1.807) is 19.1 Å². The van der Waals surface area contributed by atoms with Crippen molar-refractivity contribution in [3.05, 3.63) is 108 Å². The number of nitrogens with zero attached hydrogens (tertiary/aromatic N) is 5. The number of nitrogen functional groups attached to an aromatic ring is 1. The Morgan fingerprint density at radius 2 is 1.76 bits per heavy atom. The summed E-state index contributed by atoms with van der Waals surface area (Å²) >= 11 is 0. The average Bonchev–Trinajstić information content (AvgIpc) is 3.76. The molecule has 5 aromatic rings. The zero-order chi connectivity index (χ0) is 38.9. The fourth-order valence-corrected chi connectivity index (χ4v) is 7.78. The molecular weight excluding hydrogens is 718 g/mol. The van der Waals surface area contributed by atoms with Gasteiger partial charge in [-0.2, -0.15) is 28.2 Å². The average molecular weight is 760 g/mol. The SMILES string of the molecule is CCC1NC(C(=O)O)CC12CCN(c1cc(O[C@H](c3ccc(-c4ccc(OCc5ccccc5)c(F)c4)cc3-n3ccc(C)n3)C(F)(F)F)nc(N)n1)CC2. The third-order valence-electron chi connectivity index (χ3n) is 10.6. The molecule has 2 saturated heterocycles. The lowest BCUT2D eigenvalue weighted by atomic mass is 9.71.